The highest BCUT2D eigenvalue weighted by Crippen LogP contribution is 2.43. The number of rotatable bonds is 3. The van der Waals surface area contributed by atoms with Gasteiger partial charge in [0.05, 0.1) is 0 Å². The second-order valence-electron chi connectivity index (χ2n) is 4.94. The van der Waals surface area contributed by atoms with Gasteiger partial charge in [0.25, 0.3) is 0 Å². The van der Waals surface area contributed by atoms with Crippen molar-refractivity contribution >= 4 is 44.8 Å². The highest BCUT2D eigenvalue weighted by Gasteiger charge is 2.24. The van der Waals surface area contributed by atoms with Crippen LogP contribution in [0, 0.1) is 0 Å². The Hall–Kier alpha value is 1.28. The minimum absolute atomic E-state index is 0.452. The summed E-state index contributed by atoms with van der Waals surface area (Å²) in [6.45, 7) is 0. The zero-order chi connectivity index (χ0) is 11.4. The van der Waals surface area contributed by atoms with Crippen LogP contribution in [0.25, 0.3) is 0 Å². The van der Waals surface area contributed by atoms with Gasteiger partial charge in [-0.3, -0.25) is 0 Å². The summed E-state index contributed by atoms with van der Waals surface area (Å²) < 4.78 is 0. The summed E-state index contributed by atoms with van der Waals surface area (Å²) in [5, 5.41) is 2.62. The lowest BCUT2D eigenvalue weighted by Gasteiger charge is -2.28. The van der Waals surface area contributed by atoms with E-state index >= 15 is 0 Å². The van der Waals surface area contributed by atoms with Crippen molar-refractivity contribution in [1.82, 2.24) is 0 Å². The standard InChI is InChI=1S/C12H20Cl2S2/c13-9-1-5-11(6-2-9)15-16-12-7-3-10(14)4-8-12/h9-12H,1-8H2. The Kier molecular flexibility index (Phi) is 6.01. The van der Waals surface area contributed by atoms with Crippen molar-refractivity contribution in [2.24, 2.45) is 0 Å². The molecule has 0 N–H and O–H groups in total. The Morgan fingerprint density at radius 3 is 1.19 bits per heavy atom. The van der Waals surface area contributed by atoms with Crippen molar-refractivity contribution in [2.75, 3.05) is 0 Å². The SMILES string of the molecule is ClC1CCC(SSC2CCC(Cl)CC2)CC1. The average molecular weight is 299 g/mol. The van der Waals surface area contributed by atoms with Crippen LogP contribution in [-0.2, 0) is 0 Å². The first-order valence-corrected chi connectivity index (χ1v) is 9.49. The van der Waals surface area contributed by atoms with Crippen molar-refractivity contribution < 1.29 is 0 Å². The molecule has 0 atom stereocenters. The van der Waals surface area contributed by atoms with Crippen molar-refractivity contribution in [3.8, 4) is 0 Å². The number of alkyl halides is 2. The molecule has 0 aromatic rings. The third-order valence-corrected chi connectivity index (χ3v) is 7.97. The average Bonchev–Trinajstić information content (AvgIpc) is 2.30. The van der Waals surface area contributed by atoms with Crippen molar-refractivity contribution in [3.63, 3.8) is 0 Å². The van der Waals surface area contributed by atoms with Crippen LogP contribution in [0.2, 0.25) is 0 Å². The van der Waals surface area contributed by atoms with Gasteiger partial charge in [-0.1, -0.05) is 21.6 Å². The van der Waals surface area contributed by atoms with Crippen LogP contribution in [0.4, 0.5) is 0 Å². The maximum atomic E-state index is 6.12. The van der Waals surface area contributed by atoms with Gasteiger partial charge in [0.1, 0.15) is 0 Å². The highest BCUT2D eigenvalue weighted by molar-refractivity contribution is 8.77. The minimum atomic E-state index is 0.452. The van der Waals surface area contributed by atoms with Gasteiger partial charge >= 0.3 is 0 Å². The normalized spacial score (nSPS) is 40.9. The summed E-state index contributed by atoms with van der Waals surface area (Å²) >= 11 is 12.2. The molecule has 2 aliphatic carbocycles. The Bertz CT molecular complexity index is 175. The third kappa shape index (κ3) is 4.51. The van der Waals surface area contributed by atoms with E-state index in [-0.39, 0.29) is 0 Å². The van der Waals surface area contributed by atoms with Crippen LogP contribution >= 0.6 is 44.8 Å². The fourth-order valence-electron chi connectivity index (χ4n) is 2.39. The minimum Gasteiger partial charge on any atom is -0.123 e. The van der Waals surface area contributed by atoms with Gasteiger partial charge in [-0.25, -0.2) is 0 Å². The smallest absolute Gasteiger partial charge is 0.0336 e. The molecule has 2 rings (SSSR count). The Balaban J connectivity index is 1.60. The molecule has 0 radical (unpaired) electrons. The van der Waals surface area contributed by atoms with Gasteiger partial charge in [-0.05, 0) is 51.4 Å². The first-order valence-electron chi connectivity index (χ1n) is 6.34. The zero-order valence-electron chi connectivity index (χ0n) is 9.54. The topological polar surface area (TPSA) is 0 Å². The second-order valence-corrected chi connectivity index (χ2v) is 9.05. The Labute approximate surface area is 117 Å². The van der Waals surface area contributed by atoms with Crippen LogP contribution < -0.4 is 0 Å². The van der Waals surface area contributed by atoms with Gasteiger partial charge in [-0.2, -0.15) is 0 Å². The van der Waals surface area contributed by atoms with E-state index in [0.29, 0.717) is 10.8 Å². The monoisotopic (exact) mass is 298 g/mol. The summed E-state index contributed by atoms with van der Waals surface area (Å²) in [4.78, 5) is 0. The third-order valence-electron chi connectivity index (χ3n) is 3.54. The second kappa shape index (κ2) is 7.01. The maximum absolute atomic E-state index is 6.12. The van der Waals surface area contributed by atoms with Crippen molar-refractivity contribution in [1.29, 1.82) is 0 Å². The van der Waals surface area contributed by atoms with E-state index in [2.05, 4.69) is 21.6 Å². The molecule has 2 fully saturated rings. The molecule has 0 aromatic carbocycles. The van der Waals surface area contributed by atoms with Crippen molar-refractivity contribution in [3.05, 3.63) is 0 Å². The summed E-state index contributed by atoms with van der Waals surface area (Å²) in [6, 6.07) is 0. The van der Waals surface area contributed by atoms with Gasteiger partial charge < -0.3 is 0 Å². The molecule has 4 heteroatoms. The maximum Gasteiger partial charge on any atom is 0.0336 e. The first-order chi connectivity index (χ1) is 7.74. The lowest BCUT2D eigenvalue weighted by Crippen LogP contribution is -2.18. The molecule has 0 aliphatic heterocycles. The zero-order valence-corrected chi connectivity index (χ0v) is 12.7. The molecule has 2 aliphatic rings. The molecule has 0 bridgehead atoms. The summed E-state index contributed by atoms with van der Waals surface area (Å²) in [5.74, 6) is 0. The molecular formula is C12H20Cl2S2. The molecule has 94 valence electrons. The summed E-state index contributed by atoms with van der Waals surface area (Å²) in [6.07, 6.45) is 10.1. The molecule has 0 amide bonds. The quantitative estimate of drug-likeness (QED) is 0.501. The van der Waals surface area contributed by atoms with Crippen LogP contribution in [-0.4, -0.2) is 21.3 Å². The van der Waals surface area contributed by atoms with Crippen LogP contribution in [0.5, 0.6) is 0 Å². The van der Waals surface area contributed by atoms with Crippen LogP contribution in [0.1, 0.15) is 51.4 Å². The van der Waals surface area contributed by atoms with E-state index in [1.165, 1.54) is 51.4 Å². The fraction of sp³-hybridized carbons (Fsp3) is 1.00. The lowest BCUT2D eigenvalue weighted by molar-refractivity contribution is 0.521. The van der Waals surface area contributed by atoms with E-state index in [1.54, 1.807) is 0 Å². The molecule has 0 nitrogen and oxygen atoms in total. The van der Waals surface area contributed by atoms with E-state index in [4.69, 9.17) is 23.2 Å². The molecule has 0 heterocycles. The van der Waals surface area contributed by atoms with E-state index < -0.39 is 0 Å². The largest absolute Gasteiger partial charge is 0.123 e. The fourth-order valence-corrected chi connectivity index (χ4v) is 6.24. The van der Waals surface area contributed by atoms with Crippen LogP contribution in [0.3, 0.4) is 0 Å². The van der Waals surface area contributed by atoms with E-state index in [0.717, 1.165) is 10.5 Å². The number of hydrogen-bond acceptors (Lipinski definition) is 2. The Morgan fingerprint density at radius 2 is 0.875 bits per heavy atom. The van der Waals surface area contributed by atoms with Gasteiger partial charge in [0.2, 0.25) is 0 Å². The van der Waals surface area contributed by atoms with E-state index in [1.807, 2.05) is 0 Å². The van der Waals surface area contributed by atoms with Crippen molar-refractivity contribution in [2.45, 2.75) is 72.6 Å². The first kappa shape index (κ1) is 13.7. The van der Waals surface area contributed by atoms with Gasteiger partial charge in [-0.15, -0.1) is 23.2 Å². The molecular weight excluding hydrogens is 279 g/mol. The highest BCUT2D eigenvalue weighted by atomic mass is 35.5. The van der Waals surface area contributed by atoms with Crippen LogP contribution in [0.15, 0.2) is 0 Å². The lowest BCUT2D eigenvalue weighted by atomic mass is 10.00. The predicted octanol–water partition coefficient (Wildman–Crippen LogP) is 5.47. The molecule has 0 aromatic heterocycles. The van der Waals surface area contributed by atoms with Gasteiger partial charge in [0, 0.05) is 21.3 Å². The summed E-state index contributed by atoms with van der Waals surface area (Å²) in [7, 11) is 4.24. The van der Waals surface area contributed by atoms with Gasteiger partial charge in [0.15, 0.2) is 0 Å². The number of halogens is 2. The number of hydrogen-bond donors (Lipinski definition) is 0. The Morgan fingerprint density at radius 1 is 0.562 bits per heavy atom. The predicted molar refractivity (Wildman–Crippen MR) is 79.0 cm³/mol. The molecule has 2 saturated carbocycles. The molecule has 0 saturated heterocycles. The molecule has 0 spiro atoms. The molecule has 16 heavy (non-hydrogen) atoms. The molecule has 0 unspecified atom stereocenters. The summed E-state index contributed by atoms with van der Waals surface area (Å²) in [5.41, 5.74) is 0. The van der Waals surface area contributed by atoms with E-state index in [9.17, 15) is 0 Å².